The highest BCUT2D eigenvalue weighted by atomic mass is 35.5. The van der Waals surface area contributed by atoms with E-state index in [9.17, 15) is 9.59 Å². The van der Waals surface area contributed by atoms with Crippen LogP contribution in [0.1, 0.15) is 70.3 Å². The van der Waals surface area contributed by atoms with Gasteiger partial charge < -0.3 is 4.90 Å². The molecule has 1 aromatic carbocycles. The lowest BCUT2D eigenvalue weighted by Gasteiger charge is -2.42. The van der Waals surface area contributed by atoms with Crippen molar-refractivity contribution in [3.63, 3.8) is 0 Å². The van der Waals surface area contributed by atoms with Crippen molar-refractivity contribution in [2.75, 3.05) is 6.54 Å². The fourth-order valence-corrected chi connectivity index (χ4v) is 6.86. The summed E-state index contributed by atoms with van der Waals surface area (Å²) in [6.45, 7) is 3.92. The predicted molar refractivity (Wildman–Crippen MR) is 157 cm³/mol. The van der Waals surface area contributed by atoms with Crippen LogP contribution >= 0.6 is 23.2 Å². The Morgan fingerprint density at radius 3 is 2.50 bits per heavy atom. The largest absolute Gasteiger partial charge is 0.333 e. The minimum Gasteiger partial charge on any atom is -0.333 e. The fourth-order valence-electron chi connectivity index (χ4n) is 6.39. The first-order valence-corrected chi connectivity index (χ1v) is 14.7. The number of hydrogen-bond donors (Lipinski definition) is 0. The molecule has 214 valence electrons. The molecule has 10 heteroatoms. The number of aromatic nitrogens is 3. The lowest BCUT2D eigenvalue weighted by atomic mass is 9.97. The van der Waals surface area contributed by atoms with Gasteiger partial charge in [-0.1, -0.05) is 29.3 Å². The number of carbonyl (C=O) groups is 1. The number of likely N-dealkylation sites (tertiary alicyclic amines) is 1. The Balaban J connectivity index is 1.27. The fraction of sp³-hybridized carbons (Fsp3) is 0.312. The smallest absolute Gasteiger partial charge is 0.274 e. The van der Waals surface area contributed by atoms with Gasteiger partial charge in [-0.2, -0.15) is 0 Å². The lowest BCUT2D eigenvalue weighted by molar-refractivity contribution is 0.0389. The molecule has 0 unspecified atom stereocenters. The van der Waals surface area contributed by atoms with Crippen LogP contribution in [-0.2, 0) is 0 Å². The van der Waals surface area contributed by atoms with Crippen LogP contribution < -0.4 is 5.56 Å². The zero-order valence-electron chi connectivity index (χ0n) is 22.9. The van der Waals surface area contributed by atoms with Gasteiger partial charge in [0.25, 0.3) is 11.5 Å². The van der Waals surface area contributed by atoms with Crippen LogP contribution in [0.5, 0.6) is 0 Å². The van der Waals surface area contributed by atoms with Crippen LogP contribution in [0, 0.1) is 25.5 Å². The summed E-state index contributed by atoms with van der Waals surface area (Å²) in [7, 11) is 0. The predicted octanol–water partition coefficient (Wildman–Crippen LogP) is 7.15. The van der Waals surface area contributed by atoms with Gasteiger partial charge in [0.2, 0.25) is 0 Å². The van der Waals surface area contributed by atoms with E-state index in [1.54, 1.807) is 37.2 Å². The third-order valence-corrected chi connectivity index (χ3v) is 9.62. The summed E-state index contributed by atoms with van der Waals surface area (Å²) in [4.78, 5) is 36.9. The zero-order valence-corrected chi connectivity index (χ0v) is 24.4. The molecule has 2 saturated carbocycles. The molecule has 3 aromatic heterocycles. The molecule has 2 aliphatic carbocycles. The molecule has 4 aromatic rings. The lowest BCUT2D eigenvalue weighted by Crippen LogP contribution is -2.53. The molecular formula is C32H26Cl2F2N4O2. The van der Waals surface area contributed by atoms with Gasteiger partial charge in [-0.3, -0.25) is 24.1 Å². The first kappa shape index (κ1) is 27.2. The molecule has 2 atom stereocenters. The molecule has 7 rings (SSSR count). The van der Waals surface area contributed by atoms with Crippen molar-refractivity contribution in [3.05, 3.63) is 109 Å². The Morgan fingerprint density at radius 2 is 1.81 bits per heavy atom. The van der Waals surface area contributed by atoms with Crippen molar-refractivity contribution in [2.24, 2.45) is 0 Å². The minimum atomic E-state index is -0.871. The quantitative estimate of drug-likeness (QED) is 0.242. The number of nitrogens with zero attached hydrogens (tertiary/aromatic N) is 4. The highest BCUT2D eigenvalue weighted by Gasteiger charge is 2.56. The van der Waals surface area contributed by atoms with E-state index in [2.05, 4.69) is 9.97 Å². The molecule has 1 amide bonds. The summed E-state index contributed by atoms with van der Waals surface area (Å²) in [6.07, 6.45) is 8.27. The summed E-state index contributed by atoms with van der Waals surface area (Å²) in [5.74, 6) is -1.97. The van der Waals surface area contributed by atoms with Crippen molar-refractivity contribution < 1.29 is 13.6 Å². The van der Waals surface area contributed by atoms with Gasteiger partial charge >= 0.3 is 0 Å². The number of benzene rings is 1. The van der Waals surface area contributed by atoms with E-state index in [0.717, 1.165) is 31.2 Å². The van der Waals surface area contributed by atoms with Gasteiger partial charge in [-0.05, 0) is 92.3 Å². The summed E-state index contributed by atoms with van der Waals surface area (Å²) in [5, 5.41) is 0.539. The van der Waals surface area contributed by atoms with E-state index in [0.29, 0.717) is 28.4 Å². The molecule has 3 aliphatic rings. The minimum absolute atomic E-state index is 0.00239. The number of pyridine rings is 3. The molecule has 0 N–H and O–H groups in total. The second-order valence-corrected chi connectivity index (χ2v) is 12.4. The number of amides is 1. The molecule has 0 radical (unpaired) electrons. The average Bonchev–Trinajstić information content (AvgIpc) is 3.87. The summed E-state index contributed by atoms with van der Waals surface area (Å²) < 4.78 is 33.4. The molecule has 6 nitrogen and oxygen atoms in total. The SMILES string of the molecule is Cc1cnc(-c2cccc(C(=O)N3CCC34CC4)c2F)c(F)c1-n1c(C)cc([C@H]2C[C@@H]2c2cncc(Cl)c2)c(Cl)c1=O. The van der Waals surface area contributed by atoms with Gasteiger partial charge in [0.15, 0.2) is 5.82 Å². The maximum absolute atomic E-state index is 16.3. The first-order valence-electron chi connectivity index (χ1n) is 13.9. The van der Waals surface area contributed by atoms with Crippen LogP contribution in [0.25, 0.3) is 16.9 Å². The second-order valence-electron chi connectivity index (χ2n) is 11.6. The number of halogens is 4. The Bertz CT molecular complexity index is 1870. The Kier molecular flexibility index (Phi) is 6.29. The molecule has 0 bridgehead atoms. The highest BCUT2D eigenvalue weighted by molar-refractivity contribution is 6.31. The van der Waals surface area contributed by atoms with E-state index in [-0.39, 0.29) is 44.9 Å². The molecule has 1 aliphatic heterocycles. The van der Waals surface area contributed by atoms with Crippen molar-refractivity contribution in [1.29, 1.82) is 0 Å². The van der Waals surface area contributed by atoms with E-state index >= 15 is 8.78 Å². The number of rotatable bonds is 5. The second kappa shape index (κ2) is 9.71. The maximum atomic E-state index is 16.3. The highest BCUT2D eigenvalue weighted by Crippen LogP contribution is 2.56. The van der Waals surface area contributed by atoms with Gasteiger partial charge in [-0.15, -0.1) is 0 Å². The van der Waals surface area contributed by atoms with Crippen LogP contribution in [0.3, 0.4) is 0 Å². The van der Waals surface area contributed by atoms with Crippen molar-refractivity contribution >= 4 is 29.1 Å². The maximum Gasteiger partial charge on any atom is 0.274 e. The monoisotopic (exact) mass is 606 g/mol. The van der Waals surface area contributed by atoms with Crippen LogP contribution in [0.4, 0.5) is 8.78 Å². The normalized spacial score (nSPS) is 20.0. The topological polar surface area (TPSA) is 68.1 Å². The van der Waals surface area contributed by atoms with Crippen LogP contribution in [0.2, 0.25) is 10.0 Å². The van der Waals surface area contributed by atoms with Gasteiger partial charge in [0.05, 0.1) is 16.3 Å². The van der Waals surface area contributed by atoms with Crippen LogP contribution in [-0.4, -0.2) is 37.4 Å². The van der Waals surface area contributed by atoms with Gasteiger partial charge in [0.1, 0.15) is 16.5 Å². The number of carbonyl (C=O) groups excluding carboxylic acids is 1. The van der Waals surface area contributed by atoms with Crippen molar-refractivity contribution in [1.82, 2.24) is 19.4 Å². The standard InChI is InChI=1S/C32H26Cl2F2N4O2/c1-16-13-38-28(20-4-3-5-21(26(20)35)30(41)39-9-8-32(39)6-7-32)27(36)29(16)40-17(2)10-24(25(34)31(40)42)23-12-22(23)18-11-19(33)15-37-14-18/h3-5,10-11,13-15,22-23H,6-9,12H2,1-2H3/t22-,23+/m1/s1. The van der Waals surface area contributed by atoms with E-state index in [1.807, 2.05) is 6.07 Å². The van der Waals surface area contributed by atoms with Crippen LogP contribution in [0.15, 0.2) is 53.7 Å². The molecule has 4 heterocycles. The number of hydrogen-bond acceptors (Lipinski definition) is 4. The average molecular weight is 607 g/mol. The summed E-state index contributed by atoms with van der Waals surface area (Å²) >= 11 is 12.8. The third-order valence-electron chi connectivity index (χ3n) is 9.04. The first-order chi connectivity index (χ1) is 20.1. The summed E-state index contributed by atoms with van der Waals surface area (Å²) in [5.41, 5.74) is 1.21. The molecule has 1 spiro atoms. The third kappa shape index (κ3) is 4.18. The Morgan fingerprint density at radius 1 is 1.02 bits per heavy atom. The van der Waals surface area contributed by atoms with Crippen molar-refractivity contribution in [3.8, 4) is 16.9 Å². The Labute approximate surface area is 250 Å². The van der Waals surface area contributed by atoms with Gasteiger partial charge in [0, 0.05) is 41.9 Å². The molecular weight excluding hydrogens is 581 g/mol. The van der Waals surface area contributed by atoms with E-state index < -0.39 is 23.1 Å². The van der Waals surface area contributed by atoms with Crippen molar-refractivity contribution in [2.45, 2.75) is 56.9 Å². The van der Waals surface area contributed by atoms with E-state index in [1.165, 1.54) is 29.0 Å². The zero-order chi connectivity index (χ0) is 29.5. The van der Waals surface area contributed by atoms with E-state index in [4.69, 9.17) is 23.2 Å². The molecule has 1 saturated heterocycles. The molecule has 42 heavy (non-hydrogen) atoms. The molecule has 3 fully saturated rings. The summed E-state index contributed by atoms with van der Waals surface area (Å²) in [6, 6.07) is 7.99. The van der Waals surface area contributed by atoms with Gasteiger partial charge in [-0.25, -0.2) is 8.78 Å². The Hall–Kier alpha value is -3.62. The number of aryl methyl sites for hydroxylation is 2.